The van der Waals surface area contributed by atoms with Gasteiger partial charge in [-0.3, -0.25) is 0 Å². The lowest BCUT2D eigenvalue weighted by Crippen LogP contribution is -2.14. The van der Waals surface area contributed by atoms with Crippen molar-refractivity contribution in [3.63, 3.8) is 0 Å². The van der Waals surface area contributed by atoms with Crippen molar-refractivity contribution >= 4 is 0 Å². The van der Waals surface area contributed by atoms with E-state index in [9.17, 15) is 4.39 Å². The maximum absolute atomic E-state index is 13.1. The van der Waals surface area contributed by atoms with E-state index in [1.54, 1.807) is 12.1 Å². The van der Waals surface area contributed by atoms with Gasteiger partial charge in [0.15, 0.2) is 0 Å². The summed E-state index contributed by atoms with van der Waals surface area (Å²) in [7, 11) is 0. The topological polar surface area (TPSA) is 0 Å². The summed E-state index contributed by atoms with van der Waals surface area (Å²) in [5.41, 5.74) is 1.33. The quantitative estimate of drug-likeness (QED) is 0.295. The van der Waals surface area contributed by atoms with Crippen LogP contribution in [0.1, 0.15) is 108 Å². The molecule has 0 nitrogen and oxygen atoms in total. The average molecular weight is 385 g/mol. The highest BCUT2D eigenvalue weighted by atomic mass is 19.1. The van der Waals surface area contributed by atoms with Gasteiger partial charge in [-0.05, 0) is 92.7 Å². The first-order valence-corrected chi connectivity index (χ1v) is 12.2. The molecule has 0 aliphatic heterocycles. The Morgan fingerprint density at radius 1 is 0.750 bits per heavy atom. The lowest BCUT2D eigenvalue weighted by atomic mass is 9.77. The molecule has 2 aliphatic rings. The Bertz CT molecular complexity index is 556. The van der Waals surface area contributed by atoms with Gasteiger partial charge in [0.25, 0.3) is 0 Å². The van der Waals surface area contributed by atoms with Crippen molar-refractivity contribution < 1.29 is 4.39 Å². The Kier molecular flexibility index (Phi) is 9.09. The molecule has 0 N–H and O–H groups in total. The van der Waals surface area contributed by atoms with Gasteiger partial charge in [-0.25, -0.2) is 4.39 Å². The van der Waals surface area contributed by atoms with Crippen LogP contribution in [0.5, 0.6) is 0 Å². The van der Waals surface area contributed by atoms with E-state index in [-0.39, 0.29) is 5.82 Å². The maximum atomic E-state index is 13.1. The second kappa shape index (κ2) is 11.8. The zero-order valence-electron chi connectivity index (χ0n) is 18.1. The van der Waals surface area contributed by atoms with Gasteiger partial charge in [-0.1, -0.05) is 69.7 Å². The fraction of sp³-hybridized carbons (Fsp3) is 0.704. The Balaban J connectivity index is 1.31. The number of hydrogen-bond donors (Lipinski definition) is 0. The van der Waals surface area contributed by atoms with Crippen molar-refractivity contribution in [2.24, 2.45) is 17.8 Å². The zero-order valence-corrected chi connectivity index (χ0v) is 18.1. The van der Waals surface area contributed by atoms with Gasteiger partial charge in [-0.15, -0.1) is 0 Å². The highest BCUT2D eigenvalue weighted by molar-refractivity contribution is 5.21. The first-order chi connectivity index (χ1) is 13.7. The molecule has 2 saturated carbocycles. The molecule has 1 aromatic rings. The van der Waals surface area contributed by atoms with Crippen LogP contribution in [0.15, 0.2) is 36.4 Å². The van der Waals surface area contributed by atoms with Crippen LogP contribution in [0.2, 0.25) is 0 Å². The lowest BCUT2D eigenvalue weighted by Gasteiger charge is -2.29. The smallest absolute Gasteiger partial charge is 0.123 e. The van der Waals surface area contributed by atoms with E-state index < -0.39 is 0 Å². The summed E-state index contributed by atoms with van der Waals surface area (Å²) in [6, 6.07) is 7.20. The zero-order chi connectivity index (χ0) is 19.6. The molecular formula is C27H41F. The fourth-order valence-electron chi connectivity index (χ4n) is 5.40. The summed E-state index contributed by atoms with van der Waals surface area (Å²) in [4.78, 5) is 0. The minimum atomic E-state index is -0.119. The molecule has 0 spiro atoms. The molecule has 0 radical (unpaired) electrons. The maximum Gasteiger partial charge on any atom is 0.123 e. The van der Waals surface area contributed by atoms with Crippen molar-refractivity contribution in [1.29, 1.82) is 0 Å². The Morgan fingerprint density at radius 3 is 1.93 bits per heavy atom. The number of rotatable bonds is 9. The fourth-order valence-corrected chi connectivity index (χ4v) is 5.40. The third-order valence-electron chi connectivity index (χ3n) is 7.38. The van der Waals surface area contributed by atoms with Crippen LogP contribution in [-0.4, -0.2) is 0 Å². The summed E-state index contributed by atoms with van der Waals surface area (Å²) < 4.78 is 13.1. The lowest BCUT2D eigenvalue weighted by molar-refractivity contribution is 0.287. The second-order valence-electron chi connectivity index (χ2n) is 9.53. The predicted molar refractivity (Wildman–Crippen MR) is 119 cm³/mol. The molecule has 1 aromatic carbocycles. The van der Waals surface area contributed by atoms with E-state index in [0.717, 1.165) is 17.8 Å². The molecule has 0 heterocycles. The number of benzene rings is 1. The van der Waals surface area contributed by atoms with Gasteiger partial charge in [0.2, 0.25) is 0 Å². The van der Waals surface area contributed by atoms with Crippen LogP contribution in [0.3, 0.4) is 0 Å². The first kappa shape index (κ1) is 21.6. The molecule has 156 valence electrons. The second-order valence-corrected chi connectivity index (χ2v) is 9.53. The van der Waals surface area contributed by atoms with Crippen LogP contribution in [0.25, 0.3) is 0 Å². The normalized spacial score (nSPS) is 28.6. The highest BCUT2D eigenvalue weighted by Crippen LogP contribution is 2.37. The van der Waals surface area contributed by atoms with Crippen LogP contribution < -0.4 is 0 Å². The SMILES string of the molecule is CCCCCCC[C@H]1CC[C@H](C=C[C@H]2CC[C@H](c3ccc(F)cc3)CC2)CC1. The molecule has 2 fully saturated rings. The van der Waals surface area contributed by atoms with Crippen LogP contribution in [0, 0.1) is 23.6 Å². The molecule has 0 aromatic heterocycles. The van der Waals surface area contributed by atoms with E-state index in [1.807, 2.05) is 12.1 Å². The van der Waals surface area contributed by atoms with Crippen molar-refractivity contribution in [1.82, 2.24) is 0 Å². The monoisotopic (exact) mass is 384 g/mol. The summed E-state index contributed by atoms with van der Waals surface area (Å²) in [5, 5.41) is 0. The van der Waals surface area contributed by atoms with Gasteiger partial charge in [0.05, 0.1) is 0 Å². The van der Waals surface area contributed by atoms with Gasteiger partial charge in [-0.2, -0.15) is 0 Å². The molecule has 0 atom stereocenters. The largest absolute Gasteiger partial charge is 0.207 e. The molecule has 1 heteroatoms. The predicted octanol–water partition coefficient (Wildman–Crippen LogP) is 8.82. The summed E-state index contributed by atoms with van der Waals surface area (Å²) in [6.07, 6.45) is 24.6. The number of allylic oxidation sites excluding steroid dienone is 2. The highest BCUT2D eigenvalue weighted by Gasteiger charge is 2.22. The van der Waals surface area contributed by atoms with Crippen molar-refractivity contribution in [3.8, 4) is 0 Å². The minimum absolute atomic E-state index is 0.119. The molecule has 28 heavy (non-hydrogen) atoms. The number of halogens is 1. The Hall–Kier alpha value is -1.11. The van der Waals surface area contributed by atoms with Crippen LogP contribution in [-0.2, 0) is 0 Å². The van der Waals surface area contributed by atoms with Gasteiger partial charge < -0.3 is 0 Å². The van der Waals surface area contributed by atoms with E-state index in [0.29, 0.717) is 5.92 Å². The third kappa shape index (κ3) is 7.05. The molecule has 2 aliphatic carbocycles. The van der Waals surface area contributed by atoms with Crippen LogP contribution in [0.4, 0.5) is 4.39 Å². The summed E-state index contributed by atoms with van der Waals surface area (Å²) >= 11 is 0. The Labute approximate surface area is 173 Å². The van der Waals surface area contributed by atoms with E-state index in [4.69, 9.17) is 0 Å². The molecular weight excluding hydrogens is 343 g/mol. The number of unbranched alkanes of at least 4 members (excludes halogenated alkanes) is 4. The van der Waals surface area contributed by atoms with Gasteiger partial charge in [0.1, 0.15) is 5.82 Å². The molecule has 0 saturated heterocycles. The molecule has 0 bridgehead atoms. The van der Waals surface area contributed by atoms with Gasteiger partial charge >= 0.3 is 0 Å². The third-order valence-corrected chi connectivity index (χ3v) is 7.38. The van der Waals surface area contributed by atoms with Crippen molar-refractivity contribution in [3.05, 3.63) is 47.8 Å². The van der Waals surface area contributed by atoms with Crippen molar-refractivity contribution in [2.45, 2.75) is 103 Å². The van der Waals surface area contributed by atoms with Crippen molar-refractivity contribution in [2.75, 3.05) is 0 Å². The summed E-state index contributed by atoms with van der Waals surface area (Å²) in [5.74, 6) is 3.14. The average Bonchev–Trinajstić information content (AvgIpc) is 2.74. The standard InChI is InChI=1S/C27H41F/c1-2-3-4-5-6-7-22-8-10-23(11-9-22)12-13-24-14-16-25(17-15-24)26-18-20-27(28)21-19-26/h12-13,18-25H,2-11,14-17H2,1H3/t22-,23-,24-,25-. The van der Waals surface area contributed by atoms with Gasteiger partial charge in [0, 0.05) is 0 Å². The first-order valence-electron chi connectivity index (χ1n) is 12.2. The van der Waals surface area contributed by atoms with E-state index >= 15 is 0 Å². The minimum Gasteiger partial charge on any atom is -0.207 e. The molecule has 0 amide bonds. The Morgan fingerprint density at radius 2 is 1.32 bits per heavy atom. The number of hydrogen-bond acceptors (Lipinski definition) is 0. The summed E-state index contributed by atoms with van der Waals surface area (Å²) in [6.45, 7) is 2.30. The molecule has 0 unspecified atom stereocenters. The molecule has 3 rings (SSSR count). The van der Waals surface area contributed by atoms with E-state index in [1.165, 1.54) is 95.5 Å². The van der Waals surface area contributed by atoms with Crippen LogP contribution >= 0.6 is 0 Å². The van der Waals surface area contributed by atoms with E-state index in [2.05, 4.69) is 19.1 Å².